The lowest BCUT2D eigenvalue weighted by molar-refractivity contribution is -0.100. The second-order valence-electron chi connectivity index (χ2n) is 9.78. The second kappa shape index (κ2) is 5.05. The minimum absolute atomic E-state index is 0.156. The van der Waals surface area contributed by atoms with Crippen molar-refractivity contribution in [2.45, 2.75) is 55.3 Å². The van der Waals surface area contributed by atoms with Gasteiger partial charge >= 0.3 is 0 Å². The van der Waals surface area contributed by atoms with E-state index in [0.717, 1.165) is 42.2 Å². The summed E-state index contributed by atoms with van der Waals surface area (Å²) in [7, 11) is 0. The van der Waals surface area contributed by atoms with Crippen molar-refractivity contribution in [1.29, 1.82) is 0 Å². The maximum Gasteiger partial charge on any atom is 0.166 e. The van der Waals surface area contributed by atoms with Gasteiger partial charge in [-0.2, -0.15) is 0 Å². The first-order valence-electron chi connectivity index (χ1n) is 10.7. The molecule has 1 saturated heterocycles. The van der Waals surface area contributed by atoms with E-state index in [1.165, 1.54) is 18.4 Å². The van der Waals surface area contributed by atoms with Crippen LogP contribution in [0.4, 0.5) is 5.69 Å². The Labute approximate surface area is 169 Å². The number of benzene rings is 1. The number of pyridine rings is 1. The maximum atomic E-state index is 12.2. The van der Waals surface area contributed by atoms with Gasteiger partial charge in [0, 0.05) is 24.6 Å². The molecule has 3 aliphatic carbocycles. The highest BCUT2D eigenvalue weighted by Crippen LogP contribution is 2.70. The number of hydrogen-bond donors (Lipinski definition) is 3. The van der Waals surface area contributed by atoms with Crippen molar-refractivity contribution in [3.8, 4) is 11.5 Å². The highest BCUT2D eigenvalue weighted by atomic mass is 16.5. The number of phenols is 1. The van der Waals surface area contributed by atoms with Gasteiger partial charge in [0.15, 0.2) is 17.6 Å². The molecule has 6 heteroatoms. The predicted molar refractivity (Wildman–Crippen MR) is 107 cm³/mol. The number of hydrogen-bond acceptors (Lipinski definition) is 6. The minimum atomic E-state index is -0.935. The fourth-order valence-electron chi connectivity index (χ4n) is 6.77. The van der Waals surface area contributed by atoms with E-state index in [1.54, 1.807) is 12.3 Å². The third kappa shape index (κ3) is 1.87. The Bertz CT molecular complexity index is 1070. The Hall–Kier alpha value is -2.31. The largest absolute Gasteiger partial charge is 0.504 e. The molecule has 0 amide bonds. The van der Waals surface area contributed by atoms with Crippen LogP contribution in [0.3, 0.4) is 0 Å². The van der Waals surface area contributed by atoms with Crippen LogP contribution >= 0.6 is 0 Å². The zero-order valence-corrected chi connectivity index (χ0v) is 16.3. The van der Waals surface area contributed by atoms with Crippen LogP contribution in [-0.2, 0) is 11.8 Å². The molecule has 1 aromatic heterocycles. The summed E-state index contributed by atoms with van der Waals surface area (Å²) >= 11 is 0. The highest BCUT2D eigenvalue weighted by Gasteiger charge is 2.70. The van der Waals surface area contributed by atoms with Crippen molar-refractivity contribution < 1.29 is 14.9 Å². The number of fused-ring (bicyclic) bond motifs is 4. The zero-order chi connectivity index (χ0) is 19.5. The number of nitrogens with zero attached hydrogens (tertiary/aromatic N) is 2. The van der Waals surface area contributed by atoms with E-state index in [2.05, 4.69) is 16.0 Å². The van der Waals surface area contributed by atoms with E-state index in [-0.39, 0.29) is 17.9 Å². The number of ether oxygens (including phenoxy) is 1. The number of aliphatic hydroxyl groups is 1. The summed E-state index contributed by atoms with van der Waals surface area (Å²) in [4.78, 5) is 7.24. The van der Waals surface area contributed by atoms with E-state index >= 15 is 0 Å². The quantitative estimate of drug-likeness (QED) is 0.729. The number of aromatic hydroxyl groups is 1. The van der Waals surface area contributed by atoms with Crippen molar-refractivity contribution in [3.63, 3.8) is 0 Å². The molecular formula is C23H25N3O3. The third-order valence-electron chi connectivity index (χ3n) is 8.20. The van der Waals surface area contributed by atoms with Crippen LogP contribution in [0.25, 0.3) is 0 Å². The molecule has 6 nitrogen and oxygen atoms in total. The normalized spacial score (nSPS) is 36.3. The fraction of sp³-hybridized carbons (Fsp3) is 0.522. The number of rotatable bonds is 2. The SMILES string of the molecule is Nc1cnc2c(c1)C[C@@]1(O)CC3c4ccc(O)c5c4[C@@]1(CCN3CC1CC1)C2O5. The van der Waals surface area contributed by atoms with Crippen LogP contribution in [0.15, 0.2) is 24.4 Å². The maximum absolute atomic E-state index is 12.2. The van der Waals surface area contributed by atoms with Crippen LogP contribution in [0.5, 0.6) is 11.5 Å². The molecule has 0 radical (unpaired) electrons. The molecule has 1 spiro atoms. The van der Waals surface area contributed by atoms with E-state index in [9.17, 15) is 10.2 Å². The van der Waals surface area contributed by atoms with Gasteiger partial charge in [-0.15, -0.1) is 0 Å². The second-order valence-corrected chi connectivity index (χ2v) is 9.78. The van der Waals surface area contributed by atoms with Gasteiger partial charge in [-0.3, -0.25) is 9.88 Å². The van der Waals surface area contributed by atoms with E-state index in [4.69, 9.17) is 10.5 Å². The first-order valence-corrected chi connectivity index (χ1v) is 10.7. The lowest BCUT2D eigenvalue weighted by Crippen LogP contribution is -2.60. The molecule has 2 bridgehead atoms. The van der Waals surface area contributed by atoms with Gasteiger partial charge in [0.1, 0.15) is 0 Å². The Morgan fingerprint density at radius 3 is 3.00 bits per heavy atom. The smallest absolute Gasteiger partial charge is 0.166 e. The standard InChI is InChI=1S/C23H25N3O3/c24-14-7-13-8-22(28)9-16-15-3-4-17(27)20-18(15)23(22,21(29-20)19(13)25-10-14)5-6-26(16)11-12-1-2-12/h3-4,7,10,12,16,21,27-28H,1-2,5-6,8-9,11,24H2/t16?,21?,22-,23+/m1/s1. The average Bonchev–Trinajstić information content (AvgIpc) is 3.46. The van der Waals surface area contributed by atoms with Crippen molar-refractivity contribution in [1.82, 2.24) is 9.88 Å². The van der Waals surface area contributed by atoms with Gasteiger partial charge in [-0.05, 0) is 61.4 Å². The summed E-state index contributed by atoms with van der Waals surface area (Å²) in [5.41, 5.74) is 9.22. The van der Waals surface area contributed by atoms with E-state index in [1.807, 2.05) is 6.07 Å². The molecule has 2 aromatic rings. The first-order chi connectivity index (χ1) is 14.0. The average molecular weight is 391 g/mol. The lowest BCUT2D eigenvalue weighted by Gasteiger charge is -2.53. The third-order valence-corrected chi connectivity index (χ3v) is 8.20. The van der Waals surface area contributed by atoms with E-state index in [0.29, 0.717) is 24.3 Å². The predicted octanol–water partition coefficient (Wildman–Crippen LogP) is 2.59. The summed E-state index contributed by atoms with van der Waals surface area (Å²) in [6.07, 6.45) is 5.94. The van der Waals surface area contributed by atoms with Gasteiger partial charge in [0.05, 0.1) is 28.6 Å². The summed E-state index contributed by atoms with van der Waals surface area (Å²) in [6, 6.07) is 5.90. The molecule has 1 saturated carbocycles. The minimum Gasteiger partial charge on any atom is -0.504 e. The van der Waals surface area contributed by atoms with Crippen LogP contribution in [0.1, 0.15) is 60.2 Å². The number of aromatic nitrogens is 1. The number of phenolic OH excluding ortho intramolecular Hbond substituents is 1. The molecule has 6 aliphatic rings. The van der Waals surface area contributed by atoms with Crippen molar-refractivity contribution in [2.24, 2.45) is 5.92 Å². The monoisotopic (exact) mass is 391 g/mol. The Morgan fingerprint density at radius 1 is 1.31 bits per heavy atom. The van der Waals surface area contributed by atoms with Crippen molar-refractivity contribution in [3.05, 3.63) is 46.8 Å². The number of anilines is 1. The summed E-state index contributed by atoms with van der Waals surface area (Å²) in [6.45, 7) is 2.03. The summed E-state index contributed by atoms with van der Waals surface area (Å²) in [5, 5.41) is 22.9. The molecular weight excluding hydrogens is 366 g/mol. The van der Waals surface area contributed by atoms with Crippen molar-refractivity contribution >= 4 is 5.69 Å². The first kappa shape index (κ1) is 16.5. The van der Waals surface area contributed by atoms with Crippen LogP contribution in [0, 0.1) is 5.92 Å². The molecule has 4 N–H and O–H groups in total. The highest BCUT2D eigenvalue weighted by molar-refractivity contribution is 5.64. The summed E-state index contributed by atoms with van der Waals surface area (Å²) in [5.74, 6) is 1.50. The topological polar surface area (TPSA) is 91.8 Å². The Kier molecular flexibility index (Phi) is 2.87. The molecule has 3 aliphatic heterocycles. The van der Waals surface area contributed by atoms with E-state index < -0.39 is 11.0 Å². The lowest BCUT2D eigenvalue weighted by atomic mass is 9.52. The Balaban J connectivity index is 1.50. The molecule has 8 rings (SSSR count). The molecule has 150 valence electrons. The number of nitrogen functional groups attached to an aromatic ring is 1. The van der Waals surface area contributed by atoms with Gasteiger partial charge < -0.3 is 20.7 Å². The fourth-order valence-corrected chi connectivity index (χ4v) is 6.77. The van der Waals surface area contributed by atoms with Crippen LogP contribution < -0.4 is 10.5 Å². The van der Waals surface area contributed by atoms with Crippen LogP contribution in [-0.4, -0.2) is 38.8 Å². The van der Waals surface area contributed by atoms with Crippen LogP contribution in [0.2, 0.25) is 0 Å². The van der Waals surface area contributed by atoms with Gasteiger partial charge in [-0.1, -0.05) is 6.07 Å². The van der Waals surface area contributed by atoms with Gasteiger partial charge in [-0.25, -0.2) is 0 Å². The van der Waals surface area contributed by atoms with Crippen molar-refractivity contribution in [2.75, 3.05) is 18.8 Å². The van der Waals surface area contributed by atoms with Gasteiger partial charge in [0.25, 0.3) is 0 Å². The Morgan fingerprint density at radius 2 is 2.17 bits per heavy atom. The molecule has 29 heavy (non-hydrogen) atoms. The number of nitrogens with two attached hydrogens (primary N) is 1. The molecule has 2 fully saturated rings. The molecule has 4 atom stereocenters. The summed E-state index contributed by atoms with van der Waals surface area (Å²) < 4.78 is 6.44. The van der Waals surface area contributed by atoms with Gasteiger partial charge in [0.2, 0.25) is 0 Å². The molecule has 1 aromatic carbocycles. The zero-order valence-electron chi connectivity index (χ0n) is 16.3. The molecule has 2 unspecified atom stereocenters. The molecule has 4 heterocycles.